The average molecular weight is 259 g/mol. The van der Waals surface area contributed by atoms with Gasteiger partial charge in [-0.2, -0.15) is 0 Å². The molecule has 1 aromatic rings. The molecule has 0 radical (unpaired) electrons. The lowest BCUT2D eigenvalue weighted by atomic mass is 9.95. The van der Waals surface area contributed by atoms with Crippen LogP contribution in [-0.4, -0.2) is 12.1 Å². The van der Waals surface area contributed by atoms with Gasteiger partial charge in [-0.1, -0.05) is 18.2 Å². The summed E-state index contributed by atoms with van der Waals surface area (Å²) in [5.74, 6) is 0. The van der Waals surface area contributed by atoms with E-state index in [0.717, 1.165) is 13.0 Å². The average Bonchev–Trinajstić information content (AvgIpc) is 2.28. The first-order chi connectivity index (χ1) is 8.70. The second-order valence-electron chi connectivity index (χ2n) is 6.60. The monoisotopic (exact) mass is 259 g/mol. The molecule has 1 rings (SSSR count). The van der Waals surface area contributed by atoms with Crippen molar-refractivity contribution < 1.29 is 0 Å². The molecule has 0 bridgehead atoms. The molecular weight excluding hydrogens is 230 g/mol. The SMILES string of the molecule is CC(=CCCNC(C)(C)C)c1cc(C)c(C)cc1C. The molecular formula is C18H29N. The van der Waals surface area contributed by atoms with Crippen molar-refractivity contribution in [3.05, 3.63) is 40.5 Å². The minimum Gasteiger partial charge on any atom is -0.312 e. The molecule has 0 saturated carbocycles. The van der Waals surface area contributed by atoms with Crippen LogP contribution in [0.2, 0.25) is 0 Å². The van der Waals surface area contributed by atoms with Gasteiger partial charge in [0.2, 0.25) is 0 Å². The third kappa shape index (κ3) is 5.20. The fraction of sp³-hybridized carbons (Fsp3) is 0.556. The second-order valence-corrected chi connectivity index (χ2v) is 6.60. The lowest BCUT2D eigenvalue weighted by Gasteiger charge is -2.20. The molecule has 0 saturated heterocycles. The lowest BCUT2D eigenvalue weighted by molar-refractivity contribution is 0.431. The first-order valence-electron chi connectivity index (χ1n) is 7.21. The van der Waals surface area contributed by atoms with Crippen molar-refractivity contribution in [2.45, 2.75) is 60.4 Å². The Morgan fingerprint density at radius 1 is 1.05 bits per heavy atom. The van der Waals surface area contributed by atoms with E-state index in [-0.39, 0.29) is 5.54 Å². The Bertz CT molecular complexity index is 461. The van der Waals surface area contributed by atoms with Gasteiger partial charge in [0.05, 0.1) is 0 Å². The van der Waals surface area contributed by atoms with E-state index in [1.807, 2.05) is 0 Å². The van der Waals surface area contributed by atoms with Crippen LogP contribution < -0.4 is 5.32 Å². The highest BCUT2D eigenvalue weighted by atomic mass is 14.9. The standard InChI is InChI=1S/C18H29N/c1-13(9-8-10-19-18(5,6)7)17-12-15(3)14(2)11-16(17)4/h9,11-12,19H,8,10H2,1-7H3. The zero-order chi connectivity index (χ0) is 14.6. The molecule has 0 spiro atoms. The summed E-state index contributed by atoms with van der Waals surface area (Å²) < 4.78 is 0. The minimum atomic E-state index is 0.206. The molecule has 0 unspecified atom stereocenters. The number of hydrogen-bond acceptors (Lipinski definition) is 1. The van der Waals surface area contributed by atoms with Gasteiger partial charge in [0.25, 0.3) is 0 Å². The van der Waals surface area contributed by atoms with Gasteiger partial charge in [-0.3, -0.25) is 0 Å². The van der Waals surface area contributed by atoms with Crippen LogP contribution in [0.15, 0.2) is 18.2 Å². The van der Waals surface area contributed by atoms with Crippen molar-refractivity contribution in [2.24, 2.45) is 0 Å². The highest BCUT2D eigenvalue weighted by Gasteiger charge is 2.07. The van der Waals surface area contributed by atoms with Crippen molar-refractivity contribution in [1.82, 2.24) is 5.32 Å². The van der Waals surface area contributed by atoms with Crippen LogP contribution in [-0.2, 0) is 0 Å². The number of hydrogen-bond donors (Lipinski definition) is 1. The summed E-state index contributed by atoms with van der Waals surface area (Å²) in [6.45, 7) is 16.4. The predicted octanol–water partition coefficient (Wildman–Crippen LogP) is 4.79. The summed E-state index contributed by atoms with van der Waals surface area (Å²) in [5, 5.41) is 3.52. The molecule has 0 heterocycles. The fourth-order valence-electron chi connectivity index (χ4n) is 2.23. The van der Waals surface area contributed by atoms with Crippen molar-refractivity contribution in [1.29, 1.82) is 0 Å². The maximum atomic E-state index is 3.52. The predicted molar refractivity (Wildman–Crippen MR) is 86.7 cm³/mol. The van der Waals surface area contributed by atoms with Crippen LogP contribution in [0.4, 0.5) is 0 Å². The Balaban J connectivity index is 2.72. The quantitative estimate of drug-likeness (QED) is 0.766. The second kappa shape index (κ2) is 6.38. The largest absolute Gasteiger partial charge is 0.312 e. The van der Waals surface area contributed by atoms with E-state index in [2.05, 4.69) is 72.0 Å². The lowest BCUT2D eigenvalue weighted by Crippen LogP contribution is -2.36. The highest BCUT2D eigenvalue weighted by molar-refractivity contribution is 5.67. The third-order valence-electron chi connectivity index (χ3n) is 3.52. The zero-order valence-electron chi connectivity index (χ0n) is 13.6. The Morgan fingerprint density at radius 2 is 1.63 bits per heavy atom. The Kier molecular flexibility index (Phi) is 5.37. The van der Waals surface area contributed by atoms with Gasteiger partial charge >= 0.3 is 0 Å². The molecule has 19 heavy (non-hydrogen) atoms. The summed E-state index contributed by atoms with van der Waals surface area (Å²) in [5.41, 5.74) is 7.11. The van der Waals surface area contributed by atoms with E-state index in [0.29, 0.717) is 0 Å². The maximum Gasteiger partial charge on any atom is 0.00966 e. The minimum absolute atomic E-state index is 0.206. The zero-order valence-corrected chi connectivity index (χ0v) is 13.6. The van der Waals surface area contributed by atoms with Crippen molar-refractivity contribution >= 4 is 5.57 Å². The number of allylic oxidation sites excluding steroid dienone is 1. The van der Waals surface area contributed by atoms with Gasteiger partial charge in [0, 0.05) is 5.54 Å². The van der Waals surface area contributed by atoms with E-state index in [4.69, 9.17) is 0 Å². The molecule has 1 aromatic carbocycles. The van der Waals surface area contributed by atoms with Crippen LogP contribution in [0.3, 0.4) is 0 Å². The molecule has 0 aliphatic rings. The van der Waals surface area contributed by atoms with Gasteiger partial charge in [-0.25, -0.2) is 0 Å². The summed E-state index contributed by atoms with van der Waals surface area (Å²) in [6.07, 6.45) is 3.42. The van der Waals surface area contributed by atoms with Crippen LogP contribution >= 0.6 is 0 Å². The Hall–Kier alpha value is -1.08. The first-order valence-corrected chi connectivity index (χ1v) is 7.21. The van der Waals surface area contributed by atoms with Crippen molar-refractivity contribution in [2.75, 3.05) is 6.54 Å². The van der Waals surface area contributed by atoms with E-state index < -0.39 is 0 Å². The maximum absolute atomic E-state index is 3.52. The number of aryl methyl sites for hydroxylation is 3. The van der Waals surface area contributed by atoms with Crippen LogP contribution in [0.5, 0.6) is 0 Å². The summed E-state index contributed by atoms with van der Waals surface area (Å²) in [7, 11) is 0. The number of nitrogens with one attached hydrogen (secondary N) is 1. The van der Waals surface area contributed by atoms with Crippen molar-refractivity contribution in [3.63, 3.8) is 0 Å². The Morgan fingerprint density at radius 3 is 2.21 bits per heavy atom. The first kappa shape index (κ1) is 16.0. The molecule has 0 fully saturated rings. The molecule has 106 valence electrons. The Labute approximate surface area is 119 Å². The van der Waals surface area contributed by atoms with Gasteiger partial charge in [-0.05, 0) is 89.3 Å². The van der Waals surface area contributed by atoms with Gasteiger partial charge in [0.1, 0.15) is 0 Å². The smallest absolute Gasteiger partial charge is 0.00966 e. The van der Waals surface area contributed by atoms with E-state index in [9.17, 15) is 0 Å². The molecule has 1 nitrogen and oxygen atoms in total. The van der Waals surface area contributed by atoms with E-state index >= 15 is 0 Å². The van der Waals surface area contributed by atoms with Gasteiger partial charge in [-0.15, -0.1) is 0 Å². The summed E-state index contributed by atoms with van der Waals surface area (Å²) >= 11 is 0. The van der Waals surface area contributed by atoms with E-state index in [1.54, 1.807) is 0 Å². The van der Waals surface area contributed by atoms with Gasteiger partial charge in [0.15, 0.2) is 0 Å². The molecule has 0 aromatic heterocycles. The normalized spacial score (nSPS) is 12.9. The van der Waals surface area contributed by atoms with Crippen LogP contribution in [0, 0.1) is 20.8 Å². The molecule has 0 aliphatic carbocycles. The van der Waals surface area contributed by atoms with E-state index in [1.165, 1.54) is 27.8 Å². The summed E-state index contributed by atoms with van der Waals surface area (Å²) in [4.78, 5) is 0. The fourth-order valence-corrected chi connectivity index (χ4v) is 2.23. The highest BCUT2D eigenvalue weighted by Crippen LogP contribution is 2.22. The molecule has 0 atom stereocenters. The molecule has 1 N–H and O–H groups in total. The topological polar surface area (TPSA) is 12.0 Å². The third-order valence-corrected chi connectivity index (χ3v) is 3.52. The number of rotatable bonds is 4. The summed E-state index contributed by atoms with van der Waals surface area (Å²) in [6, 6.07) is 4.60. The van der Waals surface area contributed by atoms with Crippen LogP contribution in [0.1, 0.15) is 56.4 Å². The van der Waals surface area contributed by atoms with Crippen LogP contribution in [0.25, 0.3) is 5.57 Å². The van der Waals surface area contributed by atoms with Crippen molar-refractivity contribution in [3.8, 4) is 0 Å². The molecule has 0 aliphatic heterocycles. The molecule has 1 heteroatoms. The van der Waals surface area contributed by atoms with Gasteiger partial charge < -0.3 is 5.32 Å². The molecule has 0 amide bonds. The number of benzene rings is 1.